The average molecular weight is 533 g/mol. The number of carbonyl (C=O) groups excluding carboxylic acids is 4. The molecule has 1 heterocycles. The minimum absolute atomic E-state index is 0.0459. The molecule has 10 N–H and O–H groups in total. The quantitative estimate of drug-likeness (QED) is 0.148. The van der Waals surface area contributed by atoms with Gasteiger partial charge in [0.15, 0.2) is 0 Å². The number of aromatic nitrogens is 1. The van der Waals surface area contributed by atoms with Crippen LogP contribution in [0.5, 0.6) is 0 Å². The molecule has 2 rings (SSSR count). The van der Waals surface area contributed by atoms with Crippen molar-refractivity contribution in [2.45, 2.75) is 70.3 Å². The summed E-state index contributed by atoms with van der Waals surface area (Å²) >= 11 is 0. The number of hydrogen-bond donors (Lipinski definition) is 8. The van der Waals surface area contributed by atoms with Crippen LogP contribution in [0.2, 0.25) is 0 Å². The molecule has 0 aliphatic carbocycles. The van der Waals surface area contributed by atoms with E-state index in [2.05, 4.69) is 20.9 Å². The maximum Gasteiger partial charge on any atom is 0.326 e. The first-order valence-electron chi connectivity index (χ1n) is 12.2. The Kier molecular flexibility index (Phi) is 10.8. The molecule has 2 aromatic rings. The molecule has 208 valence electrons. The van der Waals surface area contributed by atoms with Gasteiger partial charge in [-0.3, -0.25) is 19.2 Å². The highest BCUT2D eigenvalue weighted by atomic mass is 16.4. The van der Waals surface area contributed by atoms with Crippen LogP contribution in [-0.4, -0.2) is 75.1 Å². The van der Waals surface area contributed by atoms with Gasteiger partial charge in [-0.15, -0.1) is 0 Å². The molecule has 38 heavy (non-hydrogen) atoms. The van der Waals surface area contributed by atoms with Crippen molar-refractivity contribution in [1.29, 1.82) is 0 Å². The molecule has 0 saturated heterocycles. The lowest BCUT2D eigenvalue weighted by Gasteiger charge is -2.27. The SMILES string of the molecule is CC(C)C(N)C(=O)NC(C(=O)NC(Cc1c[nH]c2ccccc12)C(=O)NC(CCC(N)=O)C(=O)O)C(C)O. The summed E-state index contributed by atoms with van der Waals surface area (Å²) < 4.78 is 0. The van der Waals surface area contributed by atoms with Crippen LogP contribution in [0.4, 0.5) is 0 Å². The van der Waals surface area contributed by atoms with Crippen LogP contribution in [0.15, 0.2) is 30.5 Å². The van der Waals surface area contributed by atoms with Crippen molar-refractivity contribution in [3.8, 4) is 0 Å². The highest BCUT2D eigenvalue weighted by molar-refractivity contribution is 5.95. The number of nitrogens with two attached hydrogens (primary N) is 2. The van der Waals surface area contributed by atoms with Crippen molar-refractivity contribution in [2.75, 3.05) is 0 Å². The fourth-order valence-corrected chi connectivity index (χ4v) is 3.76. The van der Waals surface area contributed by atoms with Gasteiger partial charge in [-0.1, -0.05) is 32.0 Å². The number of rotatable bonds is 14. The van der Waals surface area contributed by atoms with Crippen LogP contribution >= 0.6 is 0 Å². The topological polar surface area (TPSA) is 230 Å². The summed E-state index contributed by atoms with van der Waals surface area (Å²) in [6.45, 7) is 4.74. The summed E-state index contributed by atoms with van der Waals surface area (Å²) in [6, 6.07) is 2.16. The smallest absolute Gasteiger partial charge is 0.326 e. The summed E-state index contributed by atoms with van der Waals surface area (Å²) in [5.41, 5.74) is 12.4. The van der Waals surface area contributed by atoms with Gasteiger partial charge in [0.2, 0.25) is 23.6 Å². The number of carboxylic acid groups (broad SMARTS) is 1. The zero-order valence-corrected chi connectivity index (χ0v) is 21.6. The fraction of sp³-hybridized carbons (Fsp3) is 0.480. The van der Waals surface area contributed by atoms with E-state index in [0.29, 0.717) is 5.56 Å². The zero-order valence-electron chi connectivity index (χ0n) is 21.6. The third kappa shape index (κ3) is 8.28. The van der Waals surface area contributed by atoms with Crippen LogP contribution < -0.4 is 27.4 Å². The number of hydrogen-bond acceptors (Lipinski definition) is 7. The molecule has 0 aliphatic heterocycles. The van der Waals surface area contributed by atoms with Crippen LogP contribution in [0.3, 0.4) is 0 Å². The van der Waals surface area contributed by atoms with Gasteiger partial charge in [0.05, 0.1) is 12.1 Å². The average Bonchev–Trinajstić information content (AvgIpc) is 3.25. The number of carbonyl (C=O) groups is 5. The van der Waals surface area contributed by atoms with Gasteiger partial charge in [-0.25, -0.2) is 4.79 Å². The van der Waals surface area contributed by atoms with Gasteiger partial charge in [0, 0.05) is 29.9 Å². The predicted molar refractivity (Wildman–Crippen MR) is 138 cm³/mol. The molecule has 0 radical (unpaired) electrons. The molecule has 1 aromatic carbocycles. The van der Waals surface area contributed by atoms with E-state index >= 15 is 0 Å². The molecule has 0 bridgehead atoms. The number of para-hydroxylation sites is 1. The second kappa shape index (κ2) is 13.5. The first kappa shape index (κ1) is 30.3. The molecule has 0 saturated carbocycles. The molecule has 5 unspecified atom stereocenters. The number of H-pyrrole nitrogens is 1. The number of nitrogens with one attached hydrogen (secondary N) is 4. The first-order valence-corrected chi connectivity index (χ1v) is 12.2. The molecular weight excluding hydrogens is 496 g/mol. The van der Waals surface area contributed by atoms with Gasteiger partial charge in [0.25, 0.3) is 0 Å². The Hall–Kier alpha value is -3.97. The second-order valence-corrected chi connectivity index (χ2v) is 9.53. The molecule has 13 nitrogen and oxygen atoms in total. The Bertz CT molecular complexity index is 1160. The largest absolute Gasteiger partial charge is 0.480 e. The van der Waals surface area contributed by atoms with Crippen LogP contribution in [-0.2, 0) is 30.4 Å². The number of carboxylic acids is 1. The number of aliphatic hydroxyl groups is 1. The zero-order chi connectivity index (χ0) is 28.6. The normalized spacial score (nSPS) is 15.2. The molecule has 1 aromatic heterocycles. The van der Waals surface area contributed by atoms with Crippen LogP contribution in [0, 0.1) is 5.92 Å². The van der Waals surface area contributed by atoms with Crippen molar-refractivity contribution in [3.63, 3.8) is 0 Å². The number of aromatic amines is 1. The molecule has 0 fully saturated rings. The van der Waals surface area contributed by atoms with E-state index in [1.807, 2.05) is 18.2 Å². The number of benzene rings is 1. The predicted octanol–water partition coefficient (Wildman–Crippen LogP) is -1.12. The summed E-state index contributed by atoms with van der Waals surface area (Å²) in [4.78, 5) is 64.7. The van der Waals surface area contributed by atoms with Crippen molar-refractivity contribution >= 4 is 40.5 Å². The molecule has 0 spiro atoms. The Morgan fingerprint density at radius 3 is 2.16 bits per heavy atom. The lowest BCUT2D eigenvalue weighted by Crippen LogP contribution is -2.60. The summed E-state index contributed by atoms with van der Waals surface area (Å²) in [5, 5.41) is 27.8. The Labute approximate surface area is 219 Å². The standard InChI is InChI=1S/C25H36N6O7/c1-12(2)20(27)23(35)31-21(13(3)32)24(36)30-18(10-14-11-28-16-7-5-4-6-15(14)16)22(34)29-17(25(37)38)8-9-19(26)33/h4-7,11-13,17-18,20-21,28,32H,8-10,27H2,1-3H3,(H2,26,33)(H,29,34)(H,30,36)(H,31,35)(H,37,38). The van der Waals surface area contributed by atoms with E-state index in [-0.39, 0.29) is 25.2 Å². The fourth-order valence-electron chi connectivity index (χ4n) is 3.76. The van der Waals surface area contributed by atoms with Crippen molar-refractivity contribution < 1.29 is 34.2 Å². The monoisotopic (exact) mass is 532 g/mol. The number of fused-ring (bicyclic) bond motifs is 1. The lowest BCUT2D eigenvalue weighted by atomic mass is 10.0. The molecular formula is C25H36N6O7. The number of primary amides is 1. The maximum absolute atomic E-state index is 13.2. The van der Waals surface area contributed by atoms with Gasteiger partial charge in [-0.2, -0.15) is 0 Å². The minimum atomic E-state index is -1.44. The molecule has 4 amide bonds. The Morgan fingerprint density at radius 1 is 0.947 bits per heavy atom. The molecule has 13 heteroatoms. The van der Waals surface area contributed by atoms with Crippen molar-refractivity contribution in [3.05, 3.63) is 36.0 Å². The van der Waals surface area contributed by atoms with E-state index in [1.165, 1.54) is 6.92 Å². The third-order valence-corrected chi connectivity index (χ3v) is 6.11. The van der Waals surface area contributed by atoms with E-state index < -0.39 is 59.9 Å². The number of aliphatic carboxylic acids is 1. The summed E-state index contributed by atoms with van der Waals surface area (Å²) in [7, 11) is 0. The second-order valence-electron chi connectivity index (χ2n) is 9.53. The van der Waals surface area contributed by atoms with E-state index in [1.54, 1.807) is 26.1 Å². The van der Waals surface area contributed by atoms with Gasteiger partial charge in [-0.05, 0) is 30.9 Å². The van der Waals surface area contributed by atoms with E-state index in [0.717, 1.165) is 10.9 Å². The number of aliphatic hydroxyl groups excluding tert-OH is 1. The molecule has 0 aliphatic rings. The van der Waals surface area contributed by atoms with Gasteiger partial charge >= 0.3 is 5.97 Å². The molecule has 5 atom stereocenters. The van der Waals surface area contributed by atoms with Gasteiger partial charge in [0.1, 0.15) is 18.1 Å². The highest BCUT2D eigenvalue weighted by Crippen LogP contribution is 2.19. The first-order chi connectivity index (χ1) is 17.8. The Morgan fingerprint density at radius 2 is 1.58 bits per heavy atom. The van der Waals surface area contributed by atoms with Gasteiger partial charge < -0.3 is 42.6 Å². The van der Waals surface area contributed by atoms with Crippen molar-refractivity contribution in [2.24, 2.45) is 17.4 Å². The summed E-state index contributed by atoms with van der Waals surface area (Å²) in [6.07, 6.45) is -0.242. The summed E-state index contributed by atoms with van der Waals surface area (Å²) in [5.74, 6) is -4.71. The Balaban J connectivity index is 2.32. The maximum atomic E-state index is 13.2. The van der Waals surface area contributed by atoms with Crippen LogP contribution in [0.1, 0.15) is 39.2 Å². The highest BCUT2D eigenvalue weighted by Gasteiger charge is 2.33. The van der Waals surface area contributed by atoms with E-state index in [9.17, 15) is 34.2 Å². The van der Waals surface area contributed by atoms with Crippen LogP contribution in [0.25, 0.3) is 10.9 Å². The lowest BCUT2D eigenvalue weighted by molar-refractivity contribution is -0.142. The number of amides is 4. The van der Waals surface area contributed by atoms with Crippen molar-refractivity contribution in [1.82, 2.24) is 20.9 Å². The van der Waals surface area contributed by atoms with E-state index in [4.69, 9.17) is 11.5 Å². The third-order valence-electron chi connectivity index (χ3n) is 6.11. The minimum Gasteiger partial charge on any atom is -0.480 e.